The molecule has 0 N–H and O–H groups in total. The summed E-state index contributed by atoms with van der Waals surface area (Å²) in [5.74, 6) is -0.208. The molecule has 8 heteroatoms. The van der Waals surface area contributed by atoms with Gasteiger partial charge in [0.2, 0.25) is 0 Å². The fraction of sp³-hybridized carbons (Fsp3) is 0.200. The summed E-state index contributed by atoms with van der Waals surface area (Å²) in [7, 11) is 1.82. The third kappa shape index (κ3) is 3.39. The minimum Gasteiger partial charge on any atom is -0.278 e. The highest BCUT2D eigenvalue weighted by atomic mass is 35.5. The van der Waals surface area contributed by atoms with Gasteiger partial charge in [-0.25, -0.2) is 4.98 Å². The highest BCUT2D eigenvalue weighted by Crippen LogP contribution is 2.36. The van der Waals surface area contributed by atoms with Gasteiger partial charge in [0, 0.05) is 25.1 Å². The molecule has 4 rings (SSSR count). The van der Waals surface area contributed by atoms with Gasteiger partial charge in [-0.2, -0.15) is 5.10 Å². The number of carbonyl (C=O) groups is 1. The maximum atomic E-state index is 13.3. The number of hydrogen-bond acceptors (Lipinski definition) is 5. The summed E-state index contributed by atoms with van der Waals surface area (Å²) >= 11 is 7.78. The molecule has 0 fully saturated rings. The minimum absolute atomic E-state index is 0.208. The first-order valence-corrected chi connectivity index (χ1v) is 9.90. The van der Waals surface area contributed by atoms with Gasteiger partial charge in [-0.15, -0.1) is 0 Å². The number of fused-ring (bicyclic) bond motifs is 1. The summed E-state index contributed by atoms with van der Waals surface area (Å²) in [5.41, 5.74) is 4.03. The van der Waals surface area contributed by atoms with Gasteiger partial charge in [0.1, 0.15) is 0 Å². The summed E-state index contributed by atoms with van der Waals surface area (Å²) in [6.45, 7) is 4.24. The molecule has 3 aromatic heterocycles. The Labute approximate surface area is 171 Å². The van der Waals surface area contributed by atoms with Crippen LogP contribution in [0.15, 0.2) is 42.7 Å². The first-order valence-electron chi connectivity index (χ1n) is 8.71. The van der Waals surface area contributed by atoms with Gasteiger partial charge in [-0.1, -0.05) is 35.1 Å². The molecule has 3 heterocycles. The predicted octanol–water partition coefficient (Wildman–Crippen LogP) is 4.54. The zero-order valence-electron chi connectivity index (χ0n) is 15.7. The number of anilines is 1. The number of nitrogens with zero attached hydrogens (tertiary/aromatic N) is 5. The quantitative estimate of drug-likeness (QED) is 0.494. The van der Waals surface area contributed by atoms with E-state index in [1.807, 2.05) is 45.2 Å². The van der Waals surface area contributed by atoms with Crippen molar-refractivity contribution < 1.29 is 4.79 Å². The first-order chi connectivity index (χ1) is 13.4. The summed E-state index contributed by atoms with van der Waals surface area (Å²) < 4.78 is 2.56. The van der Waals surface area contributed by atoms with E-state index in [-0.39, 0.29) is 5.91 Å². The van der Waals surface area contributed by atoms with Crippen LogP contribution in [0.5, 0.6) is 0 Å². The van der Waals surface area contributed by atoms with E-state index in [1.165, 1.54) is 11.3 Å². The summed E-state index contributed by atoms with van der Waals surface area (Å²) in [6.07, 6.45) is 3.45. The second kappa shape index (κ2) is 7.33. The summed E-state index contributed by atoms with van der Waals surface area (Å²) in [5, 5.41) is 5.57. The van der Waals surface area contributed by atoms with E-state index in [0.29, 0.717) is 22.4 Å². The van der Waals surface area contributed by atoms with Crippen molar-refractivity contribution in [3.63, 3.8) is 0 Å². The predicted molar refractivity (Wildman–Crippen MR) is 112 cm³/mol. The van der Waals surface area contributed by atoms with E-state index in [2.05, 4.69) is 10.1 Å². The Hall–Kier alpha value is -2.77. The van der Waals surface area contributed by atoms with Gasteiger partial charge in [0.15, 0.2) is 10.8 Å². The molecule has 0 aliphatic heterocycles. The van der Waals surface area contributed by atoms with Crippen molar-refractivity contribution in [3.05, 3.63) is 70.3 Å². The SMILES string of the molecule is Cc1ccc(Cl)c2sc(N(Cc3cccnc3)C(=O)c3cc(C)n(C)n3)nc12. The van der Waals surface area contributed by atoms with Crippen molar-refractivity contribution >= 4 is 44.2 Å². The van der Waals surface area contributed by atoms with Crippen LogP contribution in [0, 0.1) is 13.8 Å². The molecule has 0 aliphatic carbocycles. The minimum atomic E-state index is -0.208. The lowest BCUT2D eigenvalue weighted by atomic mass is 10.2. The van der Waals surface area contributed by atoms with Crippen molar-refractivity contribution in [3.8, 4) is 0 Å². The van der Waals surface area contributed by atoms with E-state index in [4.69, 9.17) is 16.6 Å². The summed E-state index contributed by atoms with van der Waals surface area (Å²) in [4.78, 5) is 23.8. The molecule has 0 aliphatic rings. The maximum Gasteiger partial charge on any atom is 0.280 e. The van der Waals surface area contributed by atoms with Crippen LogP contribution in [0.4, 0.5) is 5.13 Å². The van der Waals surface area contributed by atoms with Crippen LogP contribution in [-0.4, -0.2) is 25.7 Å². The van der Waals surface area contributed by atoms with Crippen LogP contribution in [0.1, 0.15) is 27.3 Å². The van der Waals surface area contributed by atoms with Crippen LogP contribution in [-0.2, 0) is 13.6 Å². The number of aromatic nitrogens is 4. The second-order valence-electron chi connectivity index (χ2n) is 6.59. The average molecular weight is 412 g/mol. The molecule has 0 bridgehead atoms. The number of amides is 1. The van der Waals surface area contributed by atoms with Gasteiger partial charge in [0.25, 0.3) is 5.91 Å². The van der Waals surface area contributed by atoms with E-state index < -0.39 is 0 Å². The number of benzene rings is 1. The third-order valence-electron chi connectivity index (χ3n) is 4.56. The normalized spacial score (nSPS) is 11.1. The van der Waals surface area contributed by atoms with Crippen LogP contribution in [0.2, 0.25) is 5.02 Å². The van der Waals surface area contributed by atoms with Crippen LogP contribution < -0.4 is 4.90 Å². The Morgan fingerprint density at radius 3 is 2.75 bits per heavy atom. The fourth-order valence-electron chi connectivity index (χ4n) is 2.91. The number of rotatable bonds is 4. The van der Waals surface area contributed by atoms with Crippen LogP contribution in [0.3, 0.4) is 0 Å². The Morgan fingerprint density at radius 1 is 1.29 bits per heavy atom. The van der Waals surface area contributed by atoms with Crippen molar-refractivity contribution in [2.24, 2.45) is 7.05 Å². The topological polar surface area (TPSA) is 63.9 Å². The van der Waals surface area contributed by atoms with Crippen molar-refractivity contribution in [1.29, 1.82) is 0 Å². The second-order valence-corrected chi connectivity index (χ2v) is 7.97. The van der Waals surface area contributed by atoms with Gasteiger partial charge in [0.05, 0.1) is 21.8 Å². The number of aryl methyl sites for hydroxylation is 3. The lowest BCUT2D eigenvalue weighted by molar-refractivity contribution is 0.0979. The fourth-order valence-corrected chi connectivity index (χ4v) is 4.22. The van der Waals surface area contributed by atoms with Gasteiger partial charge in [-0.3, -0.25) is 19.4 Å². The Morgan fingerprint density at radius 2 is 2.11 bits per heavy atom. The van der Waals surface area contributed by atoms with E-state index in [0.717, 1.165) is 27.0 Å². The Balaban J connectivity index is 1.82. The monoisotopic (exact) mass is 411 g/mol. The molecule has 0 spiro atoms. The number of pyridine rings is 1. The van der Waals surface area contributed by atoms with Crippen LogP contribution >= 0.6 is 22.9 Å². The van der Waals surface area contributed by atoms with Gasteiger partial charge in [-0.05, 0) is 43.2 Å². The van der Waals surface area contributed by atoms with E-state index >= 15 is 0 Å². The molecular formula is C20H18ClN5OS. The van der Waals surface area contributed by atoms with Crippen LogP contribution in [0.25, 0.3) is 10.2 Å². The van der Waals surface area contributed by atoms with E-state index in [1.54, 1.807) is 28.0 Å². The molecule has 0 unspecified atom stereocenters. The summed E-state index contributed by atoms with van der Waals surface area (Å²) in [6, 6.07) is 9.36. The largest absolute Gasteiger partial charge is 0.280 e. The third-order valence-corrected chi connectivity index (χ3v) is 6.10. The highest BCUT2D eigenvalue weighted by molar-refractivity contribution is 7.23. The van der Waals surface area contributed by atoms with Crippen molar-refractivity contribution in [1.82, 2.24) is 19.7 Å². The zero-order chi connectivity index (χ0) is 19.8. The molecular weight excluding hydrogens is 394 g/mol. The van der Waals surface area contributed by atoms with Crippen molar-refractivity contribution in [2.45, 2.75) is 20.4 Å². The lowest BCUT2D eigenvalue weighted by Crippen LogP contribution is -2.30. The molecule has 0 atom stereocenters. The zero-order valence-corrected chi connectivity index (χ0v) is 17.3. The Bertz CT molecular complexity index is 1110. The number of carbonyl (C=O) groups excluding carboxylic acids is 1. The number of thiazole rings is 1. The molecule has 142 valence electrons. The lowest BCUT2D eigenvalue weighted by Gasteiger charge is -2.18. The van der Waals surface area contributed by atoms with Crippen molar-refractivity contribution in [2.75, 3.05) is 4.90 Å². The van der Waals surface area contributed by atoms with E-state index in [9.17, 15) is 4.79 Å². The molecule has 0 radical (unpaired) electrons. The smallest absolute Gasteiger partial charge is 0.278 e. The average Bonchev–Trinajstić information content (AvgIpc) is 3.28. The molecule has 28 heavy (non-hydrogen) atoms. The number of halogens is 1. The molecule has 4 aromatic rings. The van der Waals surface area contributed by atoms with Gasteiger partial charge >= 0.3 is 0 Å². The molecule has 1 amide bonds. The molecule has 0 saturated heterocycles. The number of hydrogen-bond donors (Lipinski definition) is 0. The molecule has 6 nitrogen and oxygen atoms in total. The first kappa shape index (κ1) is 18.6. The maximum absolute atomic E-state index is 13.3. The standard InChI is InChI=1S/C20H18ClN5OS/c1-12-6-7-15(21)18-17(12)23-20(28-18)26(11-14-5-4-8-22-10-14)19(27)16-9-13(2)25(3)24-16/h4-10H,11H2,1-3H3. The van der Waals surface area contributed by atoms with Gasteiger partial charge < -0.3 is 0 Å². The molecule has 0 saturated carbocycles. The molecule has 1 aromatic carbocycles. The Kier molecular flexibility index (Phi) is 4.87. The highest BCUT2D eigenvalue weighted by Gasteiger charge is 2.25.